The van der Waals surface area contributed by atoms with Crippen LogP contribution in [-0.2, 0) is 14.8 Å². The Bertz CT molecular complexity index is 551. The highest BCUT2D eigenvalue weighted by Crippen LogP contribution is 2.21. The van der Waals surface area contributed by atoms with Gasteiger partial charge in [-0.2, -0.15) is 4.31 Å². The predicted octanol–water partition coefficient (Wildman–Crippen LogP) is 1.57. The average molecular weight is 301 g/mol. The third-order valence-electron chi connectivity index (χ3n) is 2.61. The Morgan fingerprint density at radius 3 is 2.25 bits per heavy atom. The molecule has 0 heterocycles. The molecule has 0 spiro atoms. The SMILES string of the molecule is CCOc1ccc(S(=O)(=O)N(CC(=O)O)C(C)C)cc1. The lowest BCUT2D eigenvalue weighted by atomic mass is 10.3. The van der Waals surface area contributed by atoms with E-state index in [4.69, 9.17) is 9.84 Å². The van der Waals surface area contributed by atoms with Crippen LogP contribution in [0.25, 0.3) is 0 Å². The van der Waals surface area contributed by atoms with E-state index < -0.39 is 28.6 Å². The van der Waals surface area contributed by atoms with Gasteiger partial charge >= 0.3 is 5.97 Å². The number of carbonyl (C=O) groups is 1. The van der Waals surface area contributed by atoms with Crippen LogP contribution < -0.4 is 4.74 Å². The number of hydrogen-bond acceptors (Lipinski definition) is 4. The van der Waals surface area contributed by atoms with Gasteiger partial charge in [0.05, 0.1) is 11.5 Å². The average Bonchev–Trinajstić information content (AvgIpc) is 2.36. The van der Waals surface area contributed by atoms with E-state index in [2.05, 4.69) is 0 Å². The van der Waals surface area contributed by atoms with Gasteiger partial charge in [0.1, 0.15) is 12.3 Å². The maximum atomic E-state index is 12.4. The molecule has 0 radical (unpaired) electrons. The van der Waals surface area contributed by atoms with E-state index >= 15 is 0 Å². The topological polar surface area (TPSA) is 83.9 Å². The lowest BCUT2D eigenvalue weighted by Gasteiger charge is -2.24. The predicted molar refractivity (Wildman–Crippen MR) is 74.3 cm³/mol. The first-order chi connectivity index (χ1) is 9.28. The number of benzene rings is 1. The Hall–Kier alpha value is -1.60. The Morgan fingerprint density at radius 2 is 1.85 bits per heavy atom. The summed E-state index contributed by atoms with van der Waals surface area (Å²) in [7, 11) is -3.83. The van der Waals surface area contributed by atoms with Crippen molar-refractivity contribution < 1.29 is 23.1 Å². The van der Waals surface area contributed by atoms with Gasteiger partial charge < -0.3 is 9.84 Å². The van der Waals surface area contributed by atoms with Crippen LogP contribution >= 0.6 is 0 Å². The molecule has 0 bridgehead atoms. The highest BCUT2D eigenvalue weighted by atomic mass is 32.2. The van der Waals surface area contributed by atoms with Gasteiger partial charge in [-0.25, -0.2) is 8.42 Å². The normalized spacial score (nSPS) is 11.8. The van der Waals surface area contributed by atoms with E-state index in [0.717, 1.165) is 4.31 Å². The molecular formula is C13H19NO5S. The number of carboxylic acid groups (broad SMARTS) is 1. The second-order valence-electron chi connectivity index (χ2n) is 4.44. The standard InChI is InChI=1S/C13H19NO5S/c1-4-19-11-5-7-12(8-6-11)20(17,18)14(10(2)3)9-13(15)16/h5-8,10H,4,9H2,1-3H3,(H,15,16). The zero-order chi connectivity index (χ0) is 15.3. The Morgan fingerprint density at radius 1 is 1.30 bits per heavy atom. The summed E-state index contributed by atoms with van der Waals surface area (Å²) in [5.74, 6) is -0.617. The molecule has 7 heteroatoms. The Labute approximate surface area is 119 Å². The van der Waals surface area contributed by atoms with Gasteiger partial charge in [-0.1, -0.05) is 0 Å². The molecule has 1 aromatic rings. The maximum Gasteiger partial charge on any atom is 0.318 e. The summed E-state index contributed by atoms with van der Waals surface area (Å²) in [6.45, 7) is 5.03. The number of aliphatic carboxylic acids is 1. The van der Waals surface area contributed by atoms with Gasteiger partial charge in [0.25, 0.3) is 0 Å². The molecule has 1 rings (SSSR count). The summed E-state index contributed by atoms with van der Waals surface area (Å²) < 4.78 is 31.0. The van der Waals surface area contributed by atoms with Crippen LogP contribution in [0.15, 0.2) is 29.2 Å². The van der Waals surface area contributed by atoms with Crippen molar-refractivity contribution in [3.63, 3.8) is 0 Å². The minimum atomic E-state index is -3.83. The first-order valence-electron chi connectivity index (χ1n) is 6.25. The van der Waals surface area contributed by atoms with E-state index in [1.54, 1.807) is 26.0 Å². The van der Waals surface area contributed by atoms with Crippen LogP contribution in [0.4, 0.5) is 0 Å². The summed E-state index contributed by atoms with van der Waals surface area (Å²) in [6.07, 6.45) is 0. The molecule has 20 heavy (non-hydrogen) atoms. The van der Waals surface area contributed by atoms with Gasteiger partial charge in [-0.05, 0) is 45.0 Å². The molecule has 0 saturated carbocycles. The Kier molecular flexibility index (Phi) is 5.52. The van der Waals surface area contributed by atoms with E-state index in [-0.39, 0.29) is 4.90 Å². The van der Waals surface area contributed by atoms with E-state index in [9.17, 15) is 13.2 Å². The van der Waals surface area contributed by atoms with Crippen molar-refractivity contribution in [1.29, 1.82) is 0 Å². The molecule has 0 aromatic heterocycles. The summed E-state index contributed by atoms with van der Waals surface area (Å²) in [4.78, 5) is 10.9. The minimum absolute atomic E-state index is 0.0518. The first-order valence-corrected chi connectivity index (χ1v) is 7.69. The van der Waals surface area contributed by atoms with Crippen LogP contribution in [0.5, 0.6) is 5.75 Å². The molecule has 0 atom stereocenters. The fourth-order valence-electron chi connectivity index (χ4n) is 1.69. The fourth-order valence-corrected chi connectivity index (χ4v) is 3.27. The molecule has 0 fully saturated rings. The summed E-state index contributed by atoms with van der Waals surface area (Å²) in [6, 6.07) is 5.49. The minimum Gasteiger partial charge on any atom is -0.494 e. The number of carboxylic acids is 1. The van der Waals surface area contributed by atoms with Crippen LogP contribution in [0.3, 0.4) is 0 Å². The van der Waals surface area contributed by atoms with E-state index in [1.807, 2.05) is 6.92 Å². The molecule has 6 nitrogen and oxygen atoms in total. The highest BCUT2D eigenvalue weighted by molar-refractivity contribution is 7.89. The van der Waals surface area contributed by atoms with E-state index in [1.165, 1.54) is 12.1 Å². The number of sulfonamides is 1. The van der Waals surface area contributed by atoms with Crippen molar-refractivity contribution in [2.24, 2.45) is 0 Å². The van der Waals surface area contributed by atoms with Crippen molar-refractivity contribution in [2.45, 2.75) is 31.7 Å². The van der Waals surface area contributed by atoms with Gasteiger partial charge in [-0.15, -0.1) is 0 Å². The van der Waals surface area contributed by atoms with Crippen molar-refractivity contribution in [3.05, 3.63) is 24.3 Å². The van der Waals surface area contributed by atoms with Crippen LogP contribution in [0.1, 0.15) is 20.8 Å². The van der Waals surface area contributed by atoms with Crippen molar-refractivity contribution >= 4 is 16.0 Å². The largest absolute Gasteiger partial charge is 0.494 e. The summed E-state index contributed by atoms with van der Waals surface area (Å²) in [5, 5.41) is 8.83. The molecule has 1 N–H and O–H groups in total. The molecule has 0 saturated heterocycles. The Balaban J connectivity index is 3.09. The number of rotatable bonds is 7. The van der Waals surface area contributed by atoms with Gasteiger partial charge in [0.15, 0.2) is 0 Å². The van der Waals surface area contributed by atoms with Gasteiger partial charge in [0.2, 0.25) is 10.0 Å². The first kappa shape index (κ1) is 16.5. The molecule has 0 aliphatic heterocycles. The maximum absolute atomic E-state index is 12.4. The molecule has 112 valence electrons. The quantitative estimate of drug-likeness (QED) is 0.826. The highest BCUT2D eigenvalue weighted by Gasteiger charge is 2.28. The van der Waals surface area contributed by atoms with Crippen LogP contribution in [-0.4, -0.2) is 43.0 Å². The van der Waals surface area contributed by atoms with Gasteiger partial charge in [-0.3, -0.25) is 4.79 Å². The lowest BCUT2D eigenvalue weighted by Crippen LogP contribution is -2.40. The van der Waals surface area contributed by atoms with Crippen LogP contribution in [0.2, 0.25) is 0 Å². The van der Waals surface area contributed by atoms with Gasteiger partial charge in [0, 0.05) is 6.04 Å². The smallest absolute Gasteiger partial charge is 0.318 e. The van der Waals surface area contributed by atoms with Crippen molar-refractivity contribution in [3.8, 4) is 5.75 Å². The molecule has 0 aliphatic rings. The third kappa shape index (κ3) is 3.94. The molecule has 0 unspecified atom stereocenters. The van der Waals surface area contributed by atoms with Crippen LogP contribution in [0, 0.1) is 0 Å². The fraction of sp³-hybridized carbons (Fsp3) is 0.462. The monoisotopic (exact) mass is 301 g/mol. The number of hydrogen-bond donors (Lipinski definition) is 1. The summed E-state index contributed by atoms with van der Waals surface area (Å²) >= 11 is 0. The van der Waals surface area contributed by atoms with Crippen molar-refractivity contribution in [1.82, 2.24) is 4.31 Å². The second-order valence-corrected chi connectivity index (χ2v) is 6.33. The summed E-state index contributed by atoms with van der Waals surface area (Å²) in [5.41, 5.74) is 0. The second kappa shape index (κ2) is 6.71. The molecule has 0 aliphatic carbocycles. The molecule has 1 aromatic carbocycles. The van der Waals surface area contributed by atoms with E-state index in [0.29, 0.717) is 12.4 Å². The van der Waals surface area contributed by atoms with Crippen molar-refractivity contribution in [2.75, 3.05) is 13.2 Å². The molecule has 0 amide bonds. The third-order valence-corrected chi connectivity index (χ3v) is 4.64. The zero-order valence-corrected chi connectivity index (χ0v) is 12.6. The number of nitrogens with zero attached hydrogens (tertiary/aromatic N) is 1. The molecular weight excluding hydrogens is 282 g/mol. The zero-order valence-electron chi connectivity index (χ0n) is 11.7. The number of ether oxygens (including phenoxy) is 1. The lowest BCUT2D eigenvalue weighted by molar-refractivity contribution is -0.137.